The van der Waals surface area contributed by atoms with Crippen LogP contribution in [0.15, 0.2) is 21.7 Å². The minimum atomic E-state index is -4.83. The number of fused-ring (bicyclic) bond motifs is 1. The highest BCUT2D eigenvalue weighted by Crippen LogP contribution is 2.38. The van der Waals surface area contributed by atoms with E-state index >= 15 is 0 Å². The van der Waals surface area contributed by atoms with Gasteiger partial charge in [0, 0.05) is 7.11 Å². The SMILES string of the molecule is CCC(OC)c1cc2c(=O)n(N(C(=O)OCC(C)C)S(C)(=O)=O)c(=O)[nH]c2cc1C(F)(F)F. The maximum Gasteiger partial charge on any atom is 0.444 e. The van der Waals surface area contributed by atoms with Crippen LogP contribution in [0.1, 0.15) is 44.4 Å². The Morgan fingerprint density at radius 2 is 1.85 bits per heavy atom. The molecule has 0 aliphatic rings. The molecule has 1 heterocycles. The van der Waals surface area contributed by atoms with Gasteiger partial charge in [0.1, 0.15) is 0 Å². The van der Waals surface area contributed by atoms with E-state index in [4.69, 9.17) is 9.47 Å². The average molecular weight is 495 g/mol. The van der Waals surface area contributed by atoms with Gasteiger partial charge in [-0.15, -0.1) is 4.68 Å². The lowest BCUT2D eigenvalue weighted by Crippen LogP contribution is -2.56. The molecule has 0 saturated carbocycles. The molecule has 1 atom stereocenters. The van der Waals surface area contributed by atoms with E-state index in [0.29, 0.717) is 12.3 Å². The summed E-state index contributed by atoms with van der Waals surface area (Å²) in [6.45, 7) is 4.70. The number of hydrogen-bond donors (Lipinski definition) is 1. The number of nitrogens with one attached hydrogen (secondary N) is 1. The van der Waals surface area contributed by atoms with Gasteiger partial charge in [-0.3, -0.25) is 4.79 Å². The number of carbonyl (C=O) groups is 1. The van der Waals surface area contributed by atoms with E-state index in [0.717, 1.165) is 6.07 Å². The first-order chi connectivity index (χ1) is 15.1. The van der Waals surface area contributed by atoms with Gasteiger partial charge in [-0.1, -0.05) is 25.2 Å². The lowest BCUT2D eigenvalue weighted by Gasteiger charge is -2.22. The van der Waals surface area contributed by atoms with Crippen molar-refractivity contribution in [2.45, 2.75) is 39.5 Å². The molecule has 33 heavy (non-hydrogen) atoms. The summed E-state index contributed by atoms with van der Waals surface area (Å²) in [6.07, 6.45) is -6.71. The van der Waals surface area contributed by atoms with Gasteiger partial charge in [0.05, 0.1) is 35.4 Å². The van der Waals surface area contributed by atoms with E-state index in [1.54, 1.807) is 20.8 Å². The van der Waals surface area contributed by atoms with Crippen molar-refractivity contribution >= 4 is 27.0 Å². The van der Waals surface area contributed by atoms with Crippen molar-refractivity contribution in [2.75, 3.05) is 24.4 Å². The van der Waals surface area contributed by atoms with E-state index in [2.05, 4.69) is 0 Å². The summed E-state index contributed by atoms with van der Waals surface area (Å²) in [4.78, 5) is 40.1. The Labute approximate surface area is 186 Å². The molecule has 184 valence electrons. The van der Waals surface area contributed by atoms with Gasteiger partial charge in [0.2, 0.25) is 0 Å². The smallest absolute Gasteiger partial charge is 0.444 e. The van der Waals surface area contributed by atoms with Crippen LogP contribution < -0.4 is 15.7 Å². The standard InChI is InChI=1S/C19H24F3N3O7S/c1-6-15(31-4)11-7-12-14(8-13(11)19(20,21)22)23-17(27)24(16(12)26)25(33(5,29)30)18(28)32-9-10(2)3/h7-8,10,15H,6,9H2,1-5H3,(H,23,27). The molecule has 2 rings (SSSR count). The van der Waals surface area contributed by atoms with Gasteiger partial charge in [0.15, 0.2) is 0 Å². The third-order valence-electron chi connectivity index (χ3n) is 4.55. The number of H-pyrrole nitrogens is 1. The van der Waals surface area contributed by atoms with Gasteiger partial charge in [-0.25, -0.2) is 18.0 Å². The molecule has 1 unspecified atom stereocenters. The van der Waals surface area contributed by atoms with Crippen molar-refractivity contribution in [1.82, 2.24) is 9.66 Å². The summed E-state index contributed by atoms with van der Waals surface area (Å²) in [5.41, 5.74) is -4.79. The number of benzene rings is 1. The summed E-state index contributed by atoms with van der Waals surface area (Å²) in [6, 6.07) is 1.44. The van der Waals surface area contributed by atoms with Crippen LogP contribution >= 0.6 is 0 Å². The number of carbonyl (C=O) groups excluding carboxylic acids is 1. The molecular weight excluding hydrogens is 471 g/mol. The van der Waals surface area contributed by atoms with Crippen molar-refractivity contribution < 1.29 is 35.9 Å². The van der Waals surface area contributed by atoms with Gasteiger partial charge < -0.3 is 14.5 Å². The van der Waals surface area contributed by atoms with E-state index in [-0.39, 0.29) is 33.6 Å². The second kappa shape index (κ2) is 9.55. The minimum absolute atomic E-state index is 0.0227. The number of alkyl halides is 3. The predicted molar refractivity (Wildman–Crippen MR) is 113 cm³/mol. The summed E-state index contributed by atoms with van der Waals surface area (Å²) < 4.78 is 75.2. The first kappa shape index (κ1) is 26.4. The third-order valence-corrected chi connectivity index (χ3v) is 5.49. The summed E-state index contributed by atoms with van der Waals surface area (Å²) >= 11 is 0. The van der Waals surface area contributed by atoms with Crippen LogP contribution in [0.2, 0.25) is 0 Å². The number of nitrogens with zero attached hydrogens (tertiary/aromatic N) is 2. The van der Waals surface area contributed by atoms with Crippen LogP contribution in [0.5, 0.6) is 0 Å². The van der Waals surface area contributed by atoms with Gasteiger partial charge in [-0.05, 0) is 30.0 Å². The molecule has 1 aromatic carbocycles. The van der Waals surface area contributed by atoms with E-state index in [1.807, 2.05) is 4.98 Å². The predicted octanol–water partition coefficient (Wildman–Crippen LogP) is 2.50. The molecule has 0 bridgehead atoms. The molecule has 1 amide bonds. The molecule has 0 spiro atoms. The zero-order chi connectivity index (χ0) is 25.3. The number of halogens is 3. The fourth-order valence-electron chi connectivity index (χ4n) is 3.12. The van der Waals surface area contributed by atoms with Crippen molar-refractivity contribution in [1.29, 1.82) is 0 Å². The Kier molecular flexibility index (Phi) is 7.63. The molecule has 0 radical (unpaired) electrons. The van der Waals surface area contributed by atoms with E-state index in [9.17, 15) is 36.0 Å². The molecule has 0 aliphatic carbocycles. The Bertz CT molecular complexity index is 1260. The highest BCUT2D eigenvalue weighted by Gasteiger charge is 2.37. The first-order valence-electron chi connectivity index (χ1n) is 9.73. The summed E-state index contributed by atoms with van der Waals surface area (Å²) in [7, 11) is -3.35. The largest absolute Gasteiger partial charge is 0.447 e. The van der Waals surface area contributed by atoms with Crippen molar-refractivity contribution in [3.8, 4) is 0 Å². The van der Waals surface area contributed by atoms with Crippen molar-refractivity contribution in [3.05, 3.63) is 44.1 Å². The number of aromatic amines is 1. The first-order valence-corrected chi connectivity index (χ1v) is 11.6. The Balaban J connectivity index is 2.89. The quantitative estimate of drug-likeness (QED) is 0.625. The van der Waals surface area contributed by atoms with E-state index < -0.39 is 56.1 Å². The zero-order valence-electron chi connectivity index (χ0n) is 18.5. The molecule has 0 fully saturated rings. The molecule has 0 aliphatic heterocycles. The van der Waals surface area contributed by atoms with Crippen LogP contribution in [-0.4, -0.2) is 44.1 Å². The van der Waals surface area contributed by atoms with Crippen LogP contribution in [0, 0.1) is 5.92 Å². The normalized spacial score (nSPS) is 13.4. The Morgan fingerprint density at radius 3 is 2.30 bits per heavy atom. The maximum atomic E-state index is 13.7. The second-order valence-corrected chi connectivity index (χ2v) is 9.45. The second-order valence-electron chi connectivity index (χ2n) is 7.64. The van der Waals surface area contributed by atoms with Crippen molar-refractivity contribution in [2.24, 2.45) is 5.92 Å². The number of rotatable bonds is 7. The van der Waals surface area contributed by atoms with Gasteiger partial charge >= 0.3 is 18.0 Å². The molecule has 1 N–H and O–H groups in total. The highest BCUT2D eigenvalue weighted by atomic mass is 32.2. The molecule has 1 aromatic heterocycles. The maximum absolute atomic E-state index is 13.7. The summed E-state index contributed by atoms with van der Waals surface area (Å²) in [5.74, 6) is -0.190. The number of methoxy groups -OCH3 is 1. The number of aromatic nitrogens is 2. The molecule has 10 nitrogen and oxygen atoms in total. The number of hydrogen-bond acceptors (Lipinski definition) is 7. The van der Waals surface area contributed by atoms with Crippen LogP contribution in [0.3, 0.4) is 0 Å². The number of amides is 1. The Morgan fingerprint density at radius 1 is 1.24 bits per heavy atom. The molecular formula is C19H24F3N3O7S. The fourth-order valence-corrected chi connectivity index (χ4v) is 3.89. The molecule has 2 aromatic rings. The lowest BCUT2D eigenvalue weighted by molar-refractivity contribution is -0.139. The van der Waals surface area contributed by atoms with Crippen LogP contribution in [0.25, 0.3) is 10.9 Å². The minimum Gasteiger partial charge on any atom is -0.447 e. The fraction of sp³-hybridized carbons (Fsp3) is 0.526. The van der Waals surface area contributed by atoms with Gasteiger partial charge in [-0.2, -0.15) is 13.2 Å². The van der Waals surface area contributed by atoms with Crippen LogP contribution in [0.4, 0.5) is 18.0 Å². The molecule has 14 heteroatoms. The van der Waals surface area contributed by atoms with Crippen molar-refractivity contribution in [3.63, 3.8) is 0 Å². The number of ether oxygens (including phenoxy) is 2. The van der Waals surface area contributed by atoms with Crippen LogP contribution in [-0.2, 0) is 25.7 Å². The average Bonchev–Trinajstić information content (AvgIpc) is 2.68. The lowest BCUT2D eigenvalue weighted by atomic mass is 9.97. The highest BCUT2D eigenvalue weighted by molar-refractivity contribution is 7.92. The van der Waals surface area contributed by atoms with Gasteiger partial charge in [0.25, 0.3) is 15.6 Å². The summed E-state index contributed by atoms with van der Waals surface area (Å²) in [5, 5.41) is -0.460. The third kappa shape index (κ3) is 5.55. The van der Waals surface area contributed by atoms with E-state index in [1.165, 1.54) is 7.11 Å². The number of sulfonamides is 1. The molecule has 0 saturated heterocycles. The topological polar surface area (TPSA) is 128 Å². The Hall–Kier alpha value is -2.87. The monoisotopic (exact) mass is 495 g/mol. The zero-order valence-corrected chi connectivity index (χ0v) is 19.3.